The Hall–Kier alpha value is -4.55. The number of ketones is 1. The number of halogens is 1. The molecule has 43 heavy (non-hydrogen) atoms. The van der Waals surface area contributed by atoms with E-state index in [4.69, 9.17) is 9.47 Å². The summed E-state index contributed by atoms with van der Waals surface area (Å²) in [6, 6.07) is 15.6. The molecule has 6 heteroatoms. The third-order valence-electron chi connectivity index (χ3n) is 8.20. The number of fused-ring (bicyclic) bond motifs is 5. The van der Waals surface area contributed by atoms with Crippen molar-refractivity contribution in [1.29, 1.82) is 0 Å². The number of benzene rings is 3. The molecule has 1 N–H and O–H groups in total. The molecule has 3 aromatic carbocycles. The van der Waals surface area contributed by atoms with Crippen LogP contribution in [0.15, 0.2) is 91.3 Å². The van der Waals surface area contributed by atoms with E-state index in [1.165, 1.54) is 24.3 Å². The normalized spacial score (nSPS) is 18.6. The second-order valence-corrected chi connectivity index (χ2v) is 11.2. The Balaban J connectivity index is 0.000000463. The third kappa shape index (κ3) is 6.02. The number of methoxy groups -OCH3 is 1. The molecule has 3 aliphatic rings. The lowest BCUT2D eigenvalue weighted by Crippen LogP contribution is -2.53. The van der Waals surface area contributed by atoms with Gasteiger partial charge in [-0.3, -0.25) is 4.79 Å². The molecule has 220 valence electrons. The van der Waals surface area contributed by atoms with Crippen molar-refractivity contribution >= 4 is 23.9 Å². The molecule has 0 saturated heterocycles. The molecule has 6 rings (SSSR count). The minimum Gasteiger partial charge on any atom is -0.462 e. The molecule has 0 saturated carbocycles. The maximum Gasteiger partial charge on any atom is 0.338 e. The van der Waals surface area contributed by atoms with Crippen LogP contribution in [0.25, 0.3) is 23.3 Å². The first kappa shape index (κ1) is 29.9. The fourth-order valence-corrected chi connectivity index (χ4v) is 6.15. The number of carbonyl (C=O) groups is 2. The summed E-state index contributed by atoms with van der Waals surface area (Å²) in [6.45, 7) is 6.34. The molecule has 0 amide bonds. The summed E-state index contributed by atoms with van der Waals surface area (Å²) in [5.74, 6) is -1.30. The van der Waals surface area contributed by atoms with Crippen LogP contribution in [-0.4, -0.2) is 31.6 Å². The van der Waals surface area contributed by atoms with Gasteiger partial charge in [0.1, 0.15) is 5.82 Å². The maximum atomic E-state index is 13.6. The molecule has 2 unspecified atom stereocenters. The number of allylic oxidation sites excluding steroid dienone is 4. The van der Waals surface area contributed by atoms with Crippen LogP contribution in [0.1, 0.15) is 52.6 Å². The minimum atomic E-state index is -0.518. The van der Waals surface area contributed by atoms with Crippen molar-refractivity contribution in [3.8, 4) is 11.1 Å². The lowest BCUT2D eigenvalue weighted by atomic mass is 9.67. The van der Waals surface area contributed by atoms with Gasteiger partial charge in [0.2, 0.25) is 0 Å². The molecule has 0 bridgehead atoms. The van der Waals surface area contributed by atoms with E-state index in [2.05, 4.69) is 37.4 Å². The van der Waals surface area contributed by atoms with Crippen LogP contribution < -0.4 is 15.8 Å². The first-order valence-corrected chi connectivity index (χ1v) is 14.5. The van der Waals surface area contributed by atoms with Crippen molar-refractivity contribution in [2.24, 2.45) is 5.92 Å². The average molecular weight is 578 g/mol. The van der Waals surface area contributed by atoms with Crippen molar-refractivity contribution in [2.45, 2.75) is 38.7 Å². The average Bonchev–Trinajstić information content (AvgIpc) is 3.34. The third-order valence-corrected chi connectivity index (χ3v) is 8.20. The number of esters is 1. The molecule has 2 atom stereocenters. The van der Waals surface area contributed by atoms with Gasteiger partial charge in [-0.25, -0.2) is 9.18 Å². The van der Waals surface area contributed by atoms with Crippen LogP contribution in [0.4, 0.5) is 4.39 Å². The van der Waals surface area contributed by atoms with E-state index in [1.807, 2.05) is 54.9 Å². The monoisotopic (exact) mass is 577 g/mol. The van der Waals surface area contributed by atoms with Gasteiger partial charge in [-0.05, 0) is 94.6 Å². The summed E-state index contributed by atoms with van der Waals surface area (Å²) < 4.78 is 24.6. The summed E-state index contributed by atoms with van der Waals surface area (Å²) in [5, 5.41) is 5.04. The van der Waals surface area contributed by atoms with E-state index in [0.717, 1.165) is 32.7 Å². The lowest BCUT2D eigenvalue weighted by Gasteiger charge is -2.41. The Bertz CT molecular complexity index is 1730. The lowest BCUT2D eigenvalue weighted by molar-refractivity contribution is 0.0169. The van der Waals surface area contributed by atoms with Gasteiger partial charge in [-0.2, -0.15) is 0 Å². The quantitative estimate of drug-likeness (QED) is 0.308. The zero-order valence-electron chi connectivity index (χ0n) is 24.9. The fourth-order valence-electron chi connectivity index (χ4n) is 6.15. The predicted octanol–water partition coefficient (Wildman–Crippen LogP) is 5.77. The molecule has 0 aromatic heterocycles. The van der Waals surface area contributed by atoms with Crippen molar-refractivity contribution in [2.75, 3.05) is 13.7 Å². The highest BCUT2D eigenvalue weighted by molar-refractivity contribution is 6.02. The number of hydrogen-bond donors (Lipinski definition) is 1. The van der Waals surface area contributed by atoms with Crippen LogP contribution in [-0.2, 0) is 21.3 Å². The van der Waals surface area contributed by atoms with Gasteiger partial charge in [0.05, 0.1) is 24.2 Å². The largest absolute Gasteiger partial charge is 0.462 e. The second kappa shape index (κ2) is 12.8. The molecule has 5 nitrogen and oxygen atoms in total. The smallest absolute Gasteiger partial charge is 0.338 e. The SMILES string of the molecule is C1=CC=CNC=C1.CCOC(=O)c1ccc2c(c1)CC=c1c-2ccc2c1=CC(C(=O)c1ccc(F)cc1)C(OC)C2(C)C. The summed E-state index contributed by atoms with van der Waals surface area (Å²) in [4.78, 5) is 25.8. The Labute approximate surface area is 251 Å². The summed E-state index contributed by atoms with van der Waals surface area (Å²) in [7, 11) is 1.64. The maximum absolute atomic E-state index is 13.6. The zero-order chi connectivity index (χ0) is 30.6. The van der Waals surface area contributed by atoms with Gasteiger partial charge >= 0.3 is 5.97 Å². The summed E-state index contributed by atoms with van der Waals surface area (Å²) in [6.07, 6.45) is 16.1. The molecular weight excluding hydrogens is 541 g/mol. The van der Waals surface area contributed by atoms with Crippen LogP contribution >= 0.6 is 0 Å². The molecule has 2 aliphatic carbocycles. The summed E-state index contributed by atoms with van der Waals surface area (Å²) >= 11 is 0. The van der Waals surface area contributed by atoms with Gasteiger partial charge in [0, 0.05) is 30.5 Å². The number of ether oxygens (including phenoxy) is 2. The van der Waals surface area contributed by atoms with E-state index in [0.29, 0.717) is 24.2 Å². The van der Waals surface area contributed by atoms with Gasteiger partial charge in [0.15, 0.2) is 5.78 Å². The number of Topliss-reactive ketones (excluding diaryl/α,β-unsaturated/α-hetero) is 1. The number of nitrogens with one attached hydrogen (secondary N) is 1. The van der Waals surface area contributed by atoms with Crippen LogP contribution in [0, 0.1) is 11.7 Å². The van der Waals surface area contributed by atoms with E-state index < -0.39 is 11.3 Å². The number of carbonyl (C=O) groups excluding carboxylic acids is 2. The van der Waals surface area contributed by atoms with Crippen molar-refractivity contribution in [3.63, 3.8) is 0 Å². The van der Waals surface area contributed by atoms with E-state index >= 15 is 0 Å². The van der Waals surface area contributed by atoms with Gasteiger partial charge in [-0.15, -0.1) is 0 Å². The fraction of sp³-hybridized carbons (Fsp3) is 0.243. The topological polar surface area (TPSA) is 64.6 Å². The molecular formula is C37H36FNO4. The first-order valence-electron chi connectivity index (χ1n) is 14.5. The Morgan fingerprint density at radius 1 is 0.907 bits per heavy atom. The first-order chi connectivity index (χ1) is 20.8. The highest BCUT2D eigenvalue weighted by Gasteiger charge is 2.43. The second-order valence-electron chi connectivity index (χ2n) is 11.2. The van der Waals surface area contributed by atoms with E-state index in [1.54, 1.807) is 20.1 Å². The minimum absolute atomic E-state index is 0.0894. The Morgan fingerprint density at radius 2 is 1.58 bits per heavy atom. The van der Waals surface area contributed by atoms with Crippen LogP contribution in [0.3, 0.4) is 0 Å². The van der Waals surface area contributed by atoms with Crippen LogP contribution in [0.5, 0.6) is 0 Å². The predicted molar refractivity (Wildman–Crippen MR) is 168 cm³/mol. The van der Waals surface area contributed by atoms with E-state index in [-0.39, 0.29) is 23.7 Å². The van der Waals surface area contributed by atoms with Gasteiger partial charge < -0.3 is 14.8 Å². The zero-order valence-corrected chi connectivity index (χ0v) is 24.9. The van der Waals surface area contributed by atoms with Gasteiger partial charge in [0.25, 0.3) is 0 Å². The van der Waals surface area contributed by atoms with E-state index in [9.17, 15) is 14.0 Å². The number of rotatable bonds is 5. The molecule has 0 radical (unpaired) electrons. The molecule has 0 fully saturated rings. The molecule has 0 spiro atoms. The van der Waals surface area contributed by atoms with Crippen molar-refractivity contribution in [1.82, 2.24) is 5.32 Å². The molecule has 1 aliphatic heterocycles. The highest BCUT2D eigenvalue weighted by atomic mass is 19.1. The number of hydrogen-bond acceptors (Lipinski definition) is 5. The van der Waals surface area contributed by atoms with Crippen molar-refractivity contribution < 1.29 is 23.5 Å². The standard InChI is InChI=1S/C31H29FO4.C6H7N/c1-5-36-30(34)20-9-12-22-19(16-20)8-13-24-23(22)14-15-27-25(24)17-26(29(35-4)31(27,2)3)28(33)18-6-10-21(32)11-7-18;1-2-4-6-7-5-3-1/h6-7,9-17,26,29H,5,8H2,1-4H3;1-7H. The molecule has 1 heterocycles. The molecule has 3 aromatic rings. The van der Waals surface area contributed by atoms with Crippen LogP contribution in [0.2, 0.25) is 0 Å². The Morgan fingerprint density at radius 3 is 2.26 bits per heavy atom. The summed E-state index contributed by atoms with van der Waals surface area (Å²) in [5.41, 5.74) is 4.91. The Kier molecular flexibility index (Phi) is 8.88. The highest BCUT2D eigenvalue weighted by Crippen LogP contribution is 2.37. The van der Waals surface area contributed by atoms with Gasteiger partial charge in [-0.1, -0.05) is 56.4 Å². The van der Waals surface area contributed by atoms with Crippen molar-refractivity contribution in [3.05, 3.63) is 130 Å².